The summed E-state index contributed by atoms with van der Waals surface area (Å²) < 4.78 is 55.4. The molecule has 1 atom stereocenters. The summed E-state index contributed by atoms with van der Waals surface area (Å²) in [7, 11) is 1.49. The van der Waals surface area contributed by atoms with Gasteiger partial charge in [-0.05, 0) is 24.3 Å². The zero-order valence-electron chi connectivity index (χ0n) is 21.4. The van der Waals surface area contributed by atoms with Crippen molar-refractivity contribution in [1.29, 1.82) is 0 Å². The highest BCUT2D eigenvalue weighted by Crippen LogP contribution is 2.30. The quantitative estimate of drug-likeness (QED) is 0.479. The number of aromatic nitrogens is 3. The van der Waals surface area contributed by atoms with E-state index in [2.05, 4.69) is 20.2 Å². The summed E-state index contributed by atoms with van der Waals surface area (Å²) in [5.41, 5.74) is 1.44. The van der Waals surface area contributed by atoms with Crippen molar-refractivity contribution >= 4 is 22.6 Å². The predicted molar refractivity (Wildman–Crippen MR) is 136 cm³/mol. The van der Waals surface area contributed by atoms with Crippen LogP contribution in [0.1, 0.15) is 27.8 Å². The van der Waals surface area contributed by atoms with Crippen molar-refractivity contribution in [3.63, 3.8) is 0 Å². The number of alkyl halides is 3. The van der Waals surface area contributed by atoms with Gasteiger partial charge in [-0.15, -0.1) is 0 Å². The first-order chi connectivity index (χ1) is 18.8. The number of halogens is 3. The Balaban J connectivity index is 1.40. The molecule has 1 N–H and O–H groups in total. The summed E-state index contributed by atoms with van der Waals surface area (Å²) >= 11 is 0. The molecule has 208 valence electrons. The van der Waals surface area contributed by atoms with Crippen LogP contribution in [0.2, 0.25) is 0 Å². The van der Waals surface area contributed by atoms with Gasteiger partial charge in [0.15, 0.2) is 0 Å². The molecule has 2 saturated heterocycles. The molecule has 2 aromatic heterocycles. The van der Waals surface area contributed by atoms with E-state index < -0.39 is 18.0 Å². The van der Waals surface area contributed by atoms with Crippen molar-refractivity contribution in [3.8, 4) is 5.75 Å². The molecule has 0 spiro atoms. The lowest BCUT2D eigenvalue weighted by atomic mass is 10.0. The molecule has 0 bridgehead atoms. The van der Waals surface area contributed by atoms with Crippen LogP contribution in [0.3, 0.4) is 0 Å². The highest BCUT2D eigenvalue weighted by atomic mass is 19.4. The molecular formula is C26H29F3N6O4. The minimum Gasteiger partial charge on any atom is -0.496 e. The number of amides is 1. The molecule has 13 heteroatoms. The molecule has 1 aromatic carbocycles. The highest BCUT2D eigenvalue weighted by molar-refractivity contribution is 6.09. The number of benzene rings is 1. The Morgan fingerprint density at radius 1 is 1.03 bits per heavy atom. The number of carbonyl (C=O) groups is 1. The molecule has 0 saturated carbocycles. The first-order valence-electron chi connectivity index (χ1n) is 12.6. The Labute approximate surface area is 223 Å². The van der Waals surface area contributed by atoms with E-state index in [4.69, 9.17) is 19.2 Å². The van der Waals surface area contributed by atoms with Crippen molar-refractivity contribution in [2.24, 2.45) is 0 Å². The molecule has 4 heterocycles. The van der Waals surface area contributed by atoms with Crippen LogP contribution in [0.5, 0.6) is 5.75 Å². The number of fused-ring (bicyclic) bond motifs is 1. The number of nitrogens with zero attached hydrogens (tertiary/aromatic N) is 5. The Bertz CT molecular complexity index is 1300. The zero-order chi connectivity index (χ0) is 27.4. The Hall–Kier alpha value is -3.55. The molecule has 1 unspecified atom stereocenters. The lowest BCUT2D eigenvalue weighted by molar-refractivity contribution is -0.145. The summed E-state index contributed by atoms with van der Waals surface area (Å²) in [5, 5.41) is 3.58. The summed E-state index contributed by atoms with van der Waals surface area (Å²) in [6, 6.07) is 6.79. The standard InChI is InChI=1S/C26H29F3N6O4/c1-37-21-4-3-19-18(2-5-22(33-19)35-8-12-39-13-9-35)23(21)24(36)30-16-20(34-6-10-38-11-7-34)17-14-31-25(32-15-17)26(27,28)29/h2-5,14-15,20H,6-13,16H2,1H3,(H,30,36). The SMILES string of the molecule is COc1ccc2nc(N3CCOCC3)ccc2c1C(=O)NCC(c1cnc(C(F)(F)F)nc1)N1CCOCC1. The van der Waals surface area contributed by atoms with Crippen LogP contribution >= 0.6 is 0 Å². The third kappa shape index (κ3) is 6.05. The van der Waals surface area contributed by atoms with Crippen molar-refractivity contribution < 1.29 is 32.2 Å². The number of pyridine rings is 1. The molecule has 2 aliphatic heterocycles. The second-order valence-electron chi connectivity index (χ2n) is 9.19. The third-order valence-corrected chi connectivity index (χ3v) is 6.85. The van der Waals surface area contributed by atoms with Crippen LogP contribution in [0, 0.1) is 0 Å². The molecular weight excluding hydrogens is 517 g/mol. The number of hydrogen-bond acceptors (Lipinski definition) is 9. The summed E-state index contributed by atoms with van der Waals surface area (Å²) in [6.07, 6.45) is -2.31. The number of nitrogens with one attached hydrogen (secondary N) is 1. The average molecular weight is 547 g/mol. The van der Waals surface area contributed by atoms with Gasteiger partial charge >= 0.3 is 6.18 Å². The van der Waals surface area contributed by atoms with Gasteiger partial charge in [-0.2, -0.15) is 13.2 Å². The fraction of sp³-hybridized carbons (Fsp3) is 0.462. The molecule has 39 heavy (non-hydrogen) atoms. The topological polar surface area (TPSA) is 102 Å². The molecule has 3 aromatic rings. The van der Waals surface area contributed by atoms with E-state index in [-0.39, 0.29) is 12.5 Å². The first-order valence-corrected chi connectivity index (χ1v) is 12.6. The van der Waals surface area contributed by atoms with Gasteiger partial charge in [-0.25, -0.2) is 15.0 Å². The Morgan fingerprint density at radius 2 is 1.69 bits per heavy atom. The van der Waals surface area contributed by atoms with E-state index in [0.717, 1.165) is 31.3 Å². The Morgan fingerprint density at radius 3 is 2.33 bits per heavy atom. The first kappa shape index (κ1) is 27.0. The van der Waals surface area contributed by atoms with Gasteiger partial charge in [0.1, 0.15) is 11.6 Å². The average Bonchev–Trinajstić information content (AvgIpc) is 2.97. The summed E-state index contributed by atoms with van der Waals surface area (Å²) in [6.45, 7) is 4.89. The van der Waals surface area contributed by atoms with E-state index in [1.807, 2.05) is 23.1 Å². The van der Waals surface area contributed by atoms with Crippen LogP contribution < -0.4 is 15.0 Å². The number of morpholine rings is 2. The van der Waals surface area contributed by atoms with Gasteiger partial charge in [0.2, 0.25) is 5.82 Å². The van der Waals surface area contributed by atoms with E-state index >= 15 is 0 Å². The van der Waals surface area contributed by atoms with Crippen molar-refractivity contribution in [1.82, 2.24) is 25.2 Å². The fourth-order valence-corrected chi connectivity index (χ4v) is 4.83. The normalized spacial score (nSPS) is 17.7. The third-order valence-electron chi connectivity index (χ3n) is 6.85. The van der Waals surface area contributed by atoms with Crippen molar-refractivity contribution in [3.05, 3.63) is 53.6 Å². The molecule has 2 fully saturated rings. The van der Waals surface area contributed by atoms with Crippen molar-refractivity contribution in [2.75, 3.05) is 71.2 Å². The van der Waals surface area contributed by atoms with Gasteiger partial charge in [0.25, 0.3) is 5.91 Å². The molecule has 0 aliphatic carbocycles. The number of carbonyl (C=O) groups excluding carboxylic acids is 1. The lowest BCUT2D eigenvalue weighted by Crippen LogP contribution is -2.44. The number of ether oxygens (including phenoxy) is 3. The van der Waals surface area contributed by atoms with E-state index in [1.165, 1.54) is 7.11 Å². The summed E-state index contributed by atoms with van der Waals surface area (Å²) in [4.78, 5) is 29.5. The van der Waals surface area contributed by atoms with E-state index in [0.29, 0.717) is 67.3 Å². The van der Waals surface area contributed by atoms with Crippen LogP contribution in [-0.4, -0.2) is 92.0 Å². The molecule has 2 aliphatic rings. The smallest absolute Gasteiger partial charge is 0.451 e. The van der Waals surface area contributed by atoms with Gasteiger partial charge in [-0.3, -0.25) is 9.69 Å². The van der Waals surface area contributed by atoms with E-state index in [9.17, 15) is 18.0 Å². The maximum absolute atomic E-state index is 13.6. The second kappa shape index (κ2) is 11.7. The minimum atomic E-state index is -4.64. The maximum atomic E-state index is 13.6. The lowest BCUT2D eigenvalue weighted by Gasteiger charge is -2.34. The van der Waals surface area contributed by atoms with Gasteiger partial charge in [-0.1, -0.05) is 0 Å². The van der Waals surface area contributed by atoms with Crippen LogP contribution in [0.15, 0.2) is 36.7 Å². The van der Waals surface area contributed by atoms with Crippen LogP contribution in [0.4, 0.5) is 19.0 Å². The highest BCUT2D eigenvalue weighted by Gasteiger charge is 2.35. The largest absolute Gasteiger partial charge is 0.496 e. The molecule has 1 amide bonds. The van der Waals surface area contributed by atoms with Crippen LogP contribution in [0.25, 0.3) is 10.9 Å². The van der Waals surface area contributed by atoms with Gasteiger partial charge < -0.3 is 24.4 Å². The van der Waals surface area contributed by atoms with Gasteiger partial charge in [0.05, 0.1) is 50.7 Å². The van der Waals surface area contributed by atoms with Gasteiger partial charge in [0, 0.05) is 56.1 Å². The number of rotatable bonds is 7. The predicted octanol–water partition coefficient (Wildman–Crippen LogP) is 2.69. The molecule has 0 radical (unpaired) electrons. The molecule has 5 rings (SSSR count). The minimum absolute atomic E-state index is 0.117. The number of methoxy groups -OCH3 is 1. The second-order valence-corrected chi connectivity index (χ2v) is 9.19. The molecule has 10 nitrogen and oxygen atoms in total. The fourth-order valence-electron chi connectivity index (χ4n) is 4.83. The monoisotopic (exact) mass is 546 g/mol. The zero-order valence-corrected chi connectivity index (χ0v) is 21.4. The van der Waals surface area contributed by atoms with Crippen molar-refractivity contribution in [2.45, 2.75) is 12.2 Å². The van der Waals surface area contributed by atoms with Crippen LogP contribution in [-0.2, 0) is 15.7 Å². The summed E-state index contributed by atoms with van der Waals surface area (Å²) in [5.74, 6) is -0.399. The maximum Gasteiger partial charge on any atom is 0.451 e. The van der Waals surface area contributed by atoms with E-state index in [1.54, 1.807) is 6.07 Å². The Kier molecular flexibility index (Phi) is 8.10. The number of hydrogen-bond donors (Lipinski definition) is 1. The number of anilines is 1.